The fraction of sp³-hybridized carbons (Fsp3) is 0.500. The van der Waals surface area contributed by atoms with Crippen molar-refractivity contribution in [3.63, 3.8) is 0 Å². The van der Waals surface area contributed by atoms with Gasteiger partial charge in [0.1, 0.15) is 0 Å². The second kappa shape index (κ2) is 6.45. The lowest BCUT2D eigenvalue weighted by atomic mass is 10.2. The van der Waals surface area contributed by atoms with Gasteiger partial charge < -0.3 is 10.2 Å². The maximum Gasteiger partial charge on any atom is 0.0208 e. The van der Waals surface area contributed by atoms with Crippen molar-refractivity contribution in [2.75, 3.05) is 20.6 Å². The van der Waals surface area contributed by atoms with Crippen LogP contribution in [0.4, 0.5) is 0 Å². The van der Waals surface area contributed by atoms with E-state index in [9.17, 15) is 0 Å². The van der Waals surface area contributed by atoms with Crippen LogP contribution >= 0.6 is 22.6 Å². The third kappa shape index (κ3) is 5.49. The van der Waals surface area contributed by atoms with E-state index in [1.807, 2.05) is 0 Å². The third-order valence-corrected chi connectivity index (χ3v) is 2.93. The molecule has 1 rings (SSSR count). The monoisotopic (exact) mass is 318 g/mol. The Balaban J connectivity index is 2.33. The highest BCUT2D eigenvalue weighted by Gasteiger charge is 2.02. The fourth-order valence-electron chi connectivity index (χ4n) is 1.51. The summed E-state index contributed by atoms with van der Waals surface area (Å²) in [5.74, 6) is 0. The molecule has 0 saturated heterocycles. The number of halogens is 1. The van der Waals surface area contributed by atoms with E-state index >= 15 is 0 Å². The summed E-state index contributed by atoms with van der Waals surface area (Å²) in [5.41, 5.74) is 1.35. The maximum absolute atomic E-state index is 3.51. The highest BCUT2D eigenvalue weighted by molar-refractivity contribution is 14.1. The van der Waals surface area contributed by atoms with Crippen molar-refractivity contribution in [1.82, 2.24) is 10.2 Å². The van der Waals surface area contributed by atoms with Gasteiger partial charge in [-0.25, -0.2) is 0 Å². The molecular formula is C12H19IN2. The molecule has 84 valence electrons. The van der Waals surface area contributed by atoms with Crippen LogP contribution in [0.25, 0.3) is 0 Å². The van der Waals surface area contributed by atoms with Crippen molar-refractivity contribution in [2.45, 2.75) is 19.5 Å². The minimum atomic E-state index is 0.527. The van der Waals surface area contributed by atoms with Gasteiger partial charge in [-0.2, -0.15) is 0 Å². The predicted molar refractivity (Wildman–Crippen MR) is 74.0 cm³/mol. The van der Waals surface area contributed by atoms with Crippen LogP contribution in [0.2, 0.25) is 0 Å². The zero-order valence-corrected chi connectivity index (χ0v) is 11.8. The molecule has 0 spiro atoms. The number of likely N-dealkylation sites (N-methyl/N-ethyl adjacent to an activating group) is 1. The average molecular weight is 318 g/mol. The molecule has 0 fully saturated rings. The average Bonchev–Trinajstić information content (AvgIpc) is 2.16. The Hall–Kier alpha value is -0.130. The standard InChI is InChI=1S/C12H19IN2/c1-10(9-15(2)3)14-8-11-4-6-12(13)7-5-11/h4-7,10,14H,8-9H2,1-3H3. The van der Waals surface area contributed by atoms with E-state index in [0.717, 1.165) is 13.1 Å². The number of rotatable bonds is 5. The number of nitrogens with zero attached hydrogens (tertiary/aromatic N) is 1. The molecule has 0 aliphatic carbocycles. The molecule has 2 nitrogen and oxygen atoms in total. The van der Waals surface area contributed by atoms with Gasteiger partial charge in [0.25, 0.3) is 0 Å². The second-order valence-electron chi connectivity index (χ2n) is 4.17. The van der Waals surface area contributed by atoms with Crippen LogP contribution in [0.5, 0.6) is 0 Å². The van der Waals surface area contributed by atoms with E-state index in [0.29, 0.717) is 6.04 Å². The third-order valence-electron chi connectivity index (χ3n) is 2.21. The van der Waals surface area contributed by atoms with Crippen LogP contribution in [0.3, 0.4) is 0 Å². The first-order valence-electron chi connectivity index (χ1n) is 5.20. The molecule has 0 saturated carbocycles. The molecule has 1 N–H and O–H groups in total. The van der Waals surface area contributed by atoms with Crippen molar-refractivity contribution < 1.29 is 0 Å². The number of hydrogen-bond acceptors (Lipinski definition) is 2. The van der Waals surface area contributed by atoms with Crippen LogP contribution in [-0.2, 0) is 6.54 Å². The fourth-order valence-corrected chi connectivity index (χ4v) is 1.87. The predicted octanol–water partition coefficient (Wildman–Crippen LogP) is 2.33. The van der Waals surface area contributed by atoms with Crippen molar-refractivity contribution >= 4 is 22.6 Å². The first kappa shape index (κ1) is 12.9. The second-order valence-corrected chi connectivity index (χ2v) is 5.42. The Morgan fingerprint density at radius 3 is 2.40 bits per heavy atom. The molecule has 0 aliphatic rings. The Kier molecular flexibility index (Phi) is 5.56. The van der Waals surface area contributed by atoms with E-state index in [1.54, 1.807) is 0 Å². The lowest BCUT2D eigenvalue weighted by Gasteiger charge is -2.18. The topological polar surface area (TPSA) is 15.3 Å². The van der Waals surface area contributed by atoms with Gasteiger partial charge in [-0.15, -0.1) is 0 Å². The minimum Gasteiger partial charge on any atom is -0.309 e. The highest BCUT2D eigenvalue weighted by atomic mass is 127. The van der Waals surface area contributed by atoms with Crippen LogP contribution in [0.15, 0.2) is 24.3 Å². The lowest BCUT2D eigenvalue weighted by molar-refractivity contribution is 0.349. The van der Waals surface area contributed by atoms with Crippen molar-refractivity contribution in [3.05, 3.63) is 33.4 Å². The molecule has 1 unspecified atom stereocenters. The Bertz CT molecular complexity index is 282. The molecule has 1 aromatic rings. The Morgan fingerprint density at radius 2 is 1.87 bits per heavy atom. The maximum atomic E-state index is 3.51. The van der Waals surface area contributed by atoms with Crippen LogP contribution in [0.1, 0.15) is 12.5 Å². The van der Waals surface area contributed by atoms with E-state index < -0.39 is 0 Å². The minimum absolute atomic E-state index is 0.527. The van der Waals surface area contributed by atoms with E-state index in [1.165, 1.54) is 9.13 Å². The van der Waals surface area contributed by atoms with Crippen LogP contribution < -0.4 is 5.32 Å². The van der Waals surface area contributed by atoms with Gasteiger partial charge in [0, 0.05) is 22.7 Å². The first-order valence-corrected chi connectivity index (χ1v) is 6.28. The zero-order valence-electron chi connectivity index (χ0n) is 9.63. The van der Waals surface area contributed by atoms with Gasteiger partial charge in [-0.05, 0) is 61.3 Å². The lowest BCUT2D eigenvalue weighted by Crippen LogP contribution is -2.35. The molecule has 0 radical (unpaired) electrons. The summed E-state index contributed by atoms with van der Waals surface area (Å²) in [7, 11) is 4.20. The highest BCUT2D eigenvalue weighted by Crippen LogP contribution is 2.06. The zero-order chi connectivity index (χ0) is 11.3. The van der Waals surface area contributed by atoms with E-state index in [2.05, 4.69) is 78.1 Å². The Morgan fingerprint density at radius 1 is 1.27 bits per heavy atom. The van der Waals surface area contributed by atoms with E-state index in [4.69, 9.17) is 0 Å². The number of nitrogens with one attached hydrogen (secondary N) is 1. The summed E-state index contributed by atoms with van der Waals surface area (Å²) >= 11 is 2.33. The molecule has 1 atom stereocenters. The van der Waals surface area contributed by atoms with Crippen LogP contribution in [-0.4, -0.2) is 31.6 Å². The SMILES string of the molecule is CC(CN(C)C)NCc1ccc(I)cc1. The largest absolute Gasteiger partial charge is 0.309 e. The summed E-state index contributed by atoms with van der Waals surface area (Å²) in [4.78, 5) is 2.20. The number of benzene rings is 1. The summed E-state index contributed by atoms with van der Waals surface area (Å²) in [6.45, 7) is 4.24. The van der Waals surface area contributed by atoms with Crippen molar-refractivity contribution in [3.8, 4) is 0 Å². The Labute approximate surface area is 106 Å². The molecule has 3 heteroatoms. The van der Waals surface area contributed by atoms with Gasteiger partial charge in [0.2, 0.25) is 0 Å². The molecule has 0 aliphatic heterocycles. The first-order chi connectivity index (χ1) is 7.08. The van der Waals surface area contributed by atoms with Gasteiger partial charge in [-0.1, -0.05) is 12.1 Å². The summed E-state index contributed by atoms with van der Waals surface area (Å²) in [5, 5.41) is 3.51. The molecule has 1 aromatic carbocycles. The van der Waals surface area contributed by atoms with Gasteiger partial charge in [0.05, 0.1) is 0 Å². The van der Waals surface area contributed by atoms with Gasteiger partial charge >= 0.3 is 0 Å². The molecular weight excluding hydrogens is 299 g/mol. The van der Waals surface area contributed by atoms with Crippen LogP contribution in [0, 0.1) is 3.57 Å². The molecule has 15 heavy (non-hydrogen) atoms. The molecule has 0 heterocycles. The van der Waals surface area contributed by atoms with Gasteiger partial charge in [0.15, 0.2) is 0 Å². The summed E-state index contributed by atoms with van der Waals surface area (Å²) in [6.07, 6.45) is 0. The smallest absolute Gasteiger partial charge is 0.0208 e. The summed E-state index contributed by atoms with van der Waals surface area (Å²) < 4.78 is 1.29. The molecule has 0 amide bonds. The number of hydrogen-bond donors (Lipinski definition) is 1. The van der Waals surface area contributed by atoms with Gasteiger partial charge in [-0.3, -0.25) is 0 Å². The normalized spacial score (nSPS) is 13.1. The van der Waals surface area contributed by atoms with E-state index in [-0.39, 0.29) is 0 Å². The van der Waals surface area contributed by atoms with Crippen molar-refractivity contribution in [1.29, 1.82) is 0 Å². The summed E-state index contributed by atoms with van der Waals surface area (Å²) in [6, 6.07) is 9.18. The molecule has 0 bridgehead atoms. The quantitative estimate of drug-likeness (QED) is 0.839. The molecule has 0 aromatic heterocycles. The van der Waals surface area contributed by atoms with Crippen molar-refractivity contribution in [2.24, 2.45) is 0 Å².